The third-order valence-corrected chi connectivity index (χ3v) is 1.19. The summed E-state index contributed by atoms with van der Waals surface area (Å²) >= 11 is 0. The molecule has 0 saturated heterocycles. The normalized spacial score (nSPS) is 9.27. The first-order chi connectivity index (χ1) is 5.38. The molecule has 3 nitrogen and oxygen atoms in total. The van der Waals surface area contributed by atoms with Crippen LogP contribution in [0.15, 0.2) is 12.3 Å². The van der Waals surface area contributed by atoms with Crippen molar-refractivity contribution in [3.63, 3.8) is 0 Å². The van der Waals surface area contributed by atoms with E-state index in [-0.39, 0.29) is 0 Å². The van der Waals surface area contributed by atoms with Crippen molar-refractivity contribution in [2.24, 2.45) is 0 Å². The molecule has 59 valence electrons. The highest BCUT2D eigenvalue weighted by Gasteiger charge is 2.01. The highest BCUT2D eigenvalue weighted by molar-refractivity contribution is 5.35. The first-order valence-electron chi connectivity index (χ1n) is 3.42. The Morgan fingerprint density at radius 2 is 2.45 bits per heavy atom. The summed E-state index contributed by atoms with van der Waals surface area (Å²) < 4.78 is 10.2. The first-order valence-corrected chi connectivity index (χ1v) is 3.42. The molecule has 0 aliphatic rings. The molecule has 0 fully saturated rings. The van der Waals surface area contributed by atoms with Crippen LogP contribution < -0.4 is 9.47 Å². The first kappa shape index (κ1) is 7.85. The number of hydrogen-bond donors (Lipinski definition) is 0. The van der Waals surface area contributed by atoms with Crippen LogP contribution in [0.25, 0.3) is 0 Å². The summed E-state index contributed by atoms with van der Waals surface area (Å²) in [4.78, 5) is 3.77. The summed E-state index contributed by atoms with van der Waals surface area (Å²) in [6, 6.07) is 1.75. The van der Waals surface area contributed by atoms with E-state index >= 15 is 0 Å². The van der Waals surface area contributed by atoms with Gasteiger partial charge in [-0.1, -0.05) is 0 Å². The van der Waals surface area contributed by atoms with Gasteiger partial charge >= 0.3 is 0 Å². The number of hydrogen-bond acceptors (Lipinski definition) is 3. The van der Waals surface area contributed by atoms with Gasteiger partial charge in [-0.25, -0.2) is 0 Å². The van der Waals surface area contributed by atoms with E-state index in [0.29, 0.717) is 18.1 Å². The van der Waals surface area contributed by atoms with Crippen LogP contribution in [0.1, 0.15) is 6.92 Å². The minimum absolute atomic E-state index is 0.550. The molecule has 0 unspecified atom stereocenters. The average molecular weight is 152 g/mol. The lowest BCUT2D eigenvalue weighted by Crippen LogP contribution is -1.95. The van der Waals surface area contributed by atoms with Crippen LogP contribution >= 0.6 is 0 Å². The minimum atomic E-state index is 0.550. The fourth-order valence-corrected chi connectivity index (χ4v) is 0.747. The van der Waals surface area contributed by atoms with Crippen LogP contribution in [0.5, 0.6) is 11.5 Å². The molecule has 0 aliphatic carbocycles. The van der Waals surface area contributed by atoms with Gasteiger partial charge < -0.3 is 9.47 Å². The van der Waals surface area contributed by atoms with Gasteiger partial charge in [-0.2, -0.15) is 0 Å². The highest BCUT2D eigenvalue weighted by atomic mass is 16.5. The Labute approximate surface area is 66.0 Å². The zero-order chi connectivity index (χ0) is 8.10. The van der Waals surface area contributed by atoms with Gasteiger partial charge in [-0.05, 0) is 6.92 Å². The molecular weight excluding hydrogens is 142 g/mol. The molecule has 0 aliphatic heterocycles. The van der Waals surface area contributed by atoms with E-state index in [4.69, 9.17) is 9.47 Å². The van der Waals surface area contributed by atoms with Gasteiger partial charge in [0.05, 0.1) is 13.7 Å². The van der Waals surface area contributed by atoms with Crippen molar-refractivity contribution >= 4 is 0 Å². The molecule has 0 saturated carbocycles. The van der Waals surface area contributed by atoms with E-state index in [1.807, 2.05) is 6.92 Å². The maximum absolute atomic E-state index is 5.23. The second kappa shape index (κ2) is 3.81. The number of ether oxygens (including phenoxy) is 2. The number of rotatable bonds is 3. The maximum atomic E-state index is 5.23. The molecule has 1 rings (SSSR count). The van der Waals surface area contributed by atoms with Crippen LogP contribution in [-0.2, 0) is 0 Å². The Morgan fingerprint density at radius 1 is 1.64 bits per heavy atom. The van der Waals surface area contributed by atoms with Gasteiger partial charge in [0, 0.05) is 12.3 Å². The third kappa shape index (κ3) is 1.83. The molecule has 1 radical (unpaired) electrons. The van der Waals surface area contributed by atoms with E-state index in [2.05, 4.69) is 11.2 Å². The number of nitrogens with zero attached hydrogens (tertiary/aromatic N) is 1. The van der Waals surface area contributed by atoms with Crippen LogP contribution in [0.4, 0.5) is 0 Å². The van der Waals surface area contributed by atoms with Crippen molar-refractivity contribution in [2.75, 3.05) is 13.7 Å². The molecule has 3 heteroatoms. The number of aromatic nitrogens is 1. The van der Waals surface area contributed by atoms with E-state index < -0.39 is 0 Å². The van der Waals surface area contributed by atoms with Gasteiger partial charge in [0.25, 0.3) is 0 Å². The molecule has 0 bridgehead atoms. The molecule has 0 N–H and O–H groups in total. The average Bonchev–Trinajstić information content (AvgIpc) is 2.06. The van der Waals surface area contributed by atoms with Gasteiger partial charge in [0.2, 0.25) is 0 Å². The van der Waals surface area contributed by atoms with E-state index in [9.17, 15) is 0 Å². The molecular formula is C8H10NO2. The molecule has 11 heavy (non-hydrogen) atoms. The summed E-state index contributed by atoms with van der Waals surface area (Å²) in [5.41, 5.74) is 0. The van der Waals surface area contributed by atoms with Crippen LogP contribution in [0.2, 0.25) is 0 Å². The van der Waals surface area contributed by atoms with Crippen molar-refractivity contribution in [3.8, 4) is 11.5 Å². The van der Waals surface area contributed by atoms with Gasteiger partial charge in [-0.3, -0.25) is 4.98 Å². The standard InChI is InChI=1S/C8H10NO2/c1-3-11-7-4-5-9-6-8(7)10-2/h4-5H,3H2,1-2H3. The predicted octanol–water partition coefficient (Wildman–Crippen LogP) is 1.29. The van der Waals surface area contributed by atoms with Crippen LogP contribution in [0, 0.1) is 6.20 Å². The lowest BCUT2D eigenvalue weighted by Gasteiger charge is -2.06. The Balaban J connectivity index is 2.83. The summed E-state index contributed by atoms with van der Waals surface area (Å²) in [5.74, 6) is 1.24. The van der Waals surface area contributed by atoms with Gasteiger partial charge in [0.1, 0.15) is 6.20 Å². The Hall–Kier alpha value is -1.25. The minimum Gasteiger partial charge on any atom is -0.491 e. The van der Waals surface area contributed by atoms with Crippen molar-refractivity contribution in [3.05, 3.63) is 18.5 Å². The second-order valence-electron chi connectivity index (χ2n) is 1.89. The third-order valence-electron chi connectivity index (χ3n) is 1.19. The lowest BCUT2D eigenvalue weighted by molar-refractivity contribution is 0.309. The Morgan fingerprint density at radius 3 is 3.09 bits per heavy atom. The summed E-state index contributed by atoms with van der Waals surface area (Å²) in [6.07, 6.45) is 4.29. The Kier molecular flexibility index (Phi) is 2.72. The monoisotopic (exact) mass is 152 g/mol. The smallest absolute Gasteiger partial charge is 0.188 e. The summed E-state index contributed by atoms with van der Waals surface area (Å²) in [5, 5.41) is 0. The van der Waals surface area contributed by atoms with E-state index in [1.54, 1.807) is 19.4 Å². The molecule has 0 atom stereocenters. The second-order valence-corrected chi connectivity index (χ2v) is 1.89. The topological polar surface area (TPSA) is 31.4 Å². The zero-order valence-corrected chi connectivity index (χ0v) is 6.63. The van der Waals surface area contributed by atoms with Gasteiger partial charge in [0.15, 0.2) is 11.5 Å². The number of pyridine rings is 1. The molecule has 1 aromatic heterocycles. The highest BCUT2D eigenvalue weighted by Crippen LogP contribution is 2.23. The summed E-state index contributed by atoms with van der Waals surface area (Å²) in [6.45, 7) is 2.54. The fraction of sp³-hybridized carbons (Fsp3) is 0.375. The predicted molar refractivity (Wildman–Crippen MR) is 40.8 cm³/mol. The van der Waals surface area contributed by atoms with Crippen LogP contribution in [0.3, 0.4) is 0 Å². The molecule has 0 amide bonds. The SMILES string of the molecule is CCOc1ccn[c]c1OC. The molecule has 1 heterocycles. The summed E-state index contributed by atoms with van der Waals surface area (Å²) in [7, 11) is 1.57. The van der Waals surface area contributed by atoms with Crippen molar-refractivity contribution in [1.82, 2.24) is 4.98 Å². The van der Waals surface area contributed by atoms with E-state index in [1.165, 1.54) is 0 Å². The van der Waals surface area contributed by atoms with E-state index in [0.717, 1.165) is 0 Å². The quantitative estimate of drug-likeness (QED) is 0.654. The molecule has 0 aromatic carbocycles. The van der Waals surface area contributed by atoms with Gasteiger partial charge in [-0.15, -0.1) is 0 Å². The largest absolute Gasteiger partial charge is 0.491 e. The molecule has 0 spiro atoms. The maximum Gasteiger partial charge on any atom is 0.188 e. The Bertz CT molecular complexity index is 225. The number of methoxy groups -OCH3 is 1. The molecule has 1 aromatic rings. The van der Waals surface area contributed by atoms with Crippen molar-refractivity contribution in [2.45, 2.75) is 6.92 Å². The zero-order valence-electron chi connectivity index (χ0n) is 6.63. The fourth-order valence-electron chi connectivity index (χ4n) is 0.747. The van der Waals surface area contributed by atoms with Crippen LogP contribution in [-0.4, -0.2) is 18.7 Å². The van der Waals surface area contributed by atoms with Crippen molar-refractivity contribution < 1.29 is 9.47 Å². The van der Waals surface area contributed by atoms with Crippen molar-refractivity contribution in [1.29, 1.82) is 0 Å². The lowest BCUT2D eigenvalue weighted by atomic mass is 10.4.